The van der Waals surface area contributed by atoms with Crippen molar-refractivity contribution in [1.29, 1.82) is 0 Å². The maximum atomic E-state index is 4.32. The van der Waals surface area contributed by atoms with Gasteiger partial charge in [-0.15, -0.1) is 26.2 Å². The number of rotatable bonds is 40. The third-order valence-corrected chi connectivity index (χ3v) is 9.57. The third-order valence-electron chi connectivity index (χ3n) is 9.57. The van der Waals surface area contributed by atoms with Crippen molar-refractivity contribution in [3.05, 3.63) is 21.3 Å². The molecule has 0 aliphatic carbocycles. The Morgan fingerprint density at radius 2 is 0.321 bits per heavy atom. The van der Waals surface area contributed by atoms with Crippen molar-refractivity contribution in [3.63, 3.8) is 0 Å². The summed E-state index contributed by atoms with van der Waals surface area (Å²) in [6.07, 6.45) is 44.8. The normalized spacial score (nSPS) is 10.4. The van der Waals surface area contributed by atoms with Gasteiger partial charge < -0.3 is 21.3 Å². The van der Waals surface area contributed by atoms with Crippen LogP contribution in [-0.4, -0.2) is 52.4 Å². The van der Waals surface area contributed by atoms with E-state index in [-0.39, 0.29) is 19.5 Å². The average molecular weight is 838 g/mol. The molecule has 0 unspecified atom stereocenters. The molecule has 0 aromatic heterocycles. The molecule has 0 saturated carbocycles. The van der Waals surface area contributed by atoms with E-state index >= 15 is 0 Å². The first-order chi connectivity index (χ1) is 25.7. The molecule has 0 aromatic rings. The van der Waals surface area contributed by atoms with Gasteiger partial charge in [0.05, 0.1) is 0 Å². The molecule has 0 N–H and O–H groups in total. The zero-order valence-electron chi connectivity index (χ0n) is 38.4. The first-order valence-electron chi connectivity index (χ1n) is 24.2. The van der Waals surface area contributed by atoms with Gasteiger partial charge in [0.1, 0.15) is 0 Å². The van der Waals surface area contributed by atoms with Crippen LogP contribution in [-0.2, 0) is 19.5 Å². The number of hydrogen-bond acceptors (Lipinski definition) is 0. The molecule has 0 saturated heterocycles. The molecular weight excluding hydrogens is 734 g/mol. The van der Waals surface area contributed by atoms with Gasteiger partial charge in [-0.2, -0.15) is 26.2 Å². The molecule has 0 spiro atoms. The predicted molar refractivity (Wildman–Crippen MR) is 246 cm³/mol. The Balaban J connectivity index is -0.000000192. The van der Waals surface area contributed by atoms with E-state index in [9.17, 15) is 0 Å². The van der Waals surface area contributed by atoms with E-state index in [0.717, 1.165) is 52.4 Å². The number of nitrogens with zero attached hydrogens (tertiary/aromatic N) is 4. The quantitative estimate of drug-likeness (QED) is 0.0436. The van der Waals surface area contributed by atoms with Gasteiger partial charge in [-0.3, -0.25) is 0 Å². The van der Waals surface area contributed by atoms with Gasteiger partial charge in [-0.1, -0.05) is 261 Å². The molecule has 0 rings (SSSR count). The summed E-state index contributed by atoms with van der Waals surface area (Å²) in [5.41, 5.74) is 0. The van der Waals surface area contributed by atoms with Crippen LogP contribution in [0.25, 0.3) is 21.3 Å². The fourth-order valence-corrected chi connectivity index (χ4v) is 6.06. The summed E-state index contributed by atoms with van der Waals surface area (Å²) >= 11 is 0. The van der Waals surface area contributed by atoms with Gasteiger partial charge in [-0.05, 0) is 0 Å². The minimum atomic E-state index is 0. The Morgan fingerprint density at radius 3 is 0.453 bits per heavy atom. The summed E-state index contributed by atoms with van der Waals surface area (Å²) in [6, 6.07) is 0. The van der Waals surface area contributed by atoms with Gasteiger partial charge >= 0.3 is 19.5 Å². The Kier molecular flexibility index (Phi) is 83.1. The molecule has 4 nitrogen and oxygen atoms in total. The largest absolute Gasteiger partial charge is 4.00 e. The van der Waals surface area contributed by atoms with Crippen molar-refractivity contribution < 1.29 is 19.5 Å². The van der Waals surface area contributed by atoms with E-state index in [2.05, 4.69) is 76.7 Å². The molecule has 0 fully saturated rings. The minimum absolute atomic E-state index is 0. The number of unbranched alkanes of at least 4 members (excludes halogenated alkanes) is 28. The molecule has 0 aromatic carbocycles. The van der Waals surface area contributed by atoms with Gasteiger partial charge in [0, 0.05) is 0 Å². The summed E-state index contributed by atoms with van der Waals surface area (Å²) in [5.74, 6) is 0. The molecule has 0 radical (unpaired) electrons. The van der Waals surface area contributed by atoms with Crippen molar-refractivity contribution >= 4 is 0 Å². The zero-order valence-corrected chi connectivity index (χ0v) is 40.2. The maximum absolute atomic E-state index is 4.32. The van der Waals surface area contributed by atoms with E-state index in [1.165, 1.54) is 205 Å². The monoisotopic (exact) mass is 839 g/mol. The first kappa shape index (κ1) is 62.7. The maximum Gasteiger partial charge on any atom is 4.00 e. The van der Waals surface area contributed by atoms with Crippen molar-refractivity contribution in [3.8, 4) is 0 Å². The van der Waals surface area contributed by atoms with Gasteiger partial charge in [0.2, 0.25) is 0 Å². The Labute approximate surface area is 352 Å². The molecule has 324 valence electrons. The fourth-order valence-electron chi connectivity index (χ4n) is 6.06. The van der Waals surface area contributed by atoms with Gasteiger partial charge in [-0.25, -0.2) is 0 Å². The van der Waals surface area contributed by atoms with Crippen LogP contribution in [0.2, 0.25) is 0 Å². The minimum Gasteiger partial charge on any atom is -0.662 e. The molecule has 0 heterocycles. The molecule has 0 aliphatic rings. The average Bonchev–Trinajstić information content (AvgIpc) is 3.16. The van der Waals surface area contributed by atoms with Crippen molar-refractivity contribution in [2.24, 2.45) is 0 Å². The standard InChI is InChI=1S/4C12H26N.Ru/c4*1-3-5-6-7-8-9-10-11-12-13-4-2;/h4*3-12H2,1-2H3;/q4*-1;+4. The smallest absolute Gasteiger partial charge is 0.662 e. The number of hydrogen-bond donors (Lipinski definition) is 0. The van der Waals surface area contributed by atoms with Crippen LogP contribution in [0, 0.1) is 0 Å². The molecule has 0 amide bonds. The molecule has 0 bridgehead atoms. The zero-order chi connectivity index (χ0) is 39.1. The summed E-state index contributed by atoms with van der Waals surface area (Å²) < 4.78 is 0. The summed E-state index contributed by atoms with van der Waals surface area (Å²) in [5, 5.41) is 17.3. The second-order valence-corrected chi connectivity index (χ2v) is 15.0. The van der Waals surface area contributed by atoms with Crippen LogP contribution in [0.5, 0.6) is 0 Å². The molecule has 53 heavy (non-hydrogen) atoms. The summed E-state index contributed by atoms with van der Waals surface area (Å²) in [7, 11) is 0. The van der Waals surface area contributed by atoms with Crippen LogP contribution in [0.1, 0.15) is 261 Å². The predicted octanol–water partition coefficient (Wildman–Crippen LogP) is 18.1. The van der Waals surface area contributed by atoms with Crippen molar-refractivity contribution in [2.45, 2.75) is 261 Å². The van der Waals surface area contributed by atoms with Crippen LogP contribution >= 0.6 is 0 Å². The van der Waals surface area contributed by atoms with Gasteiger partial charge in [0.25, 0.3) is 0 Å². The Hall–Kier alpha value is 0.463. The van der Waals surface area contributed by atoms with Crippen molar-refractivity contribution in [2.75, 3.05) is 52.4 Å². The van der Waals surface area contributed by atoms with E-state index < -0.39 is 0 Å². The van der Waals surface area contributed by atoms with Crippen LogP contribution in [0.15, 0.2) is 0 Å². The van der Waals surface area contributed by atoms with E-state index in [4.69, 9.17) is 0 Å². The first-order valence-corrected chi connectivity index (χ1v) is 24.2. The molecule has 5 heteroatoms. The molecule has 0 atom stereocenters. The van der Waals surface area contributed by atoms with Crippen LogP contribution in [0.3, 0.4) is 0 Å². The van der Waals surface area contributed by atoms with E-state index in [1.54, 1.807) is 0 Å². The Morgan fingerprint density at radius 1 is 0.189 bits per heavy atom. The molecular formula is C48H104N4Ru. The van der Waals surface area contributed by atoms with Crippen LogP contribution < -0.4 is 0 Å². The second kappa shape index (κ2) is 70.3. The van der Waals surface area contributed by atoms with Gasteiger partial charge in [0.15, 0.2) is 0 Å². The second-order valence-electron chi connectivity index (χ2n) is 15.0. The van der Waals surface area contributed by atoms with E-state index in [0.29, 0.717) is 0 Å². The van der Waals surface area contributed by atoms with Crippen LogP contribution in [0.4, 0.5) is 0 Å². The SMILES string of the molecule is CCCCCCCCCC[N-]CC.CCCCCCCCCC[N-]CC.CCCCCCCCCC[N-]CC.CCCCCCCCCC[N-]CC.[Ru+4]. The summed E-state index contributed by atoms with van der Waals surface area (Å²) in [4.78, 5) is 0. The molecule has 0 aliphatic heterocycles. The van der Waals surface area contributed by atoms with E-state index in [1.807, 2.05) is 0 Å². The third kappa shape index (κ3) is 81.6. The summed E-state index contributed by atoms with van der Waals surface area (Å²) in [6.45, 7) is 25.9. The fraction of sp³-hybridized carbons (Fsp3) is 1.00. The Bertz CT molecular complexity index is 380. The topological polar surface area (TPSA) is 56.4 Å². The van der Waals surface area contributed by atoms with Crippen molar-refractivity contribution in [1.82, 2.24) is 0 Å².